The largest absolute Gasteiger partial charge is 0.466 e. The van der Waals surface area contributed by atoms with E-state index in [0.717, 1.165) is 20.8 Å². The minimum atomic E-state index is -0.660. The average Bonchev–Trinajstić information content (AvgIpc) is 3.30. The Morgan fingerprint density at radius 1 is 1.29 bits per heavy atom. The van der Waals surface area contributed by atoms with Crippen LogP contribution in [0.25, 0.3) is 10.2 Å². The molecule has 9 heteroatoms. The number of ether oxygens (including phenoxy) is 1. The fourth-order valence-corrected chi connectivity index (χ4v) is 5.66. The summed E-state index contributed by atoms with van der Waals surface area (Å²) in [5.74, 6) is -2.15. The zero-order valence-corrected chi connectivity index (χ0v) is 19.3. The quantitative estimate of drug-likeness (QED) is 0.443. The lowest BCUT2D eigenvalue weighted by atomic mass is 9.98. The van der Waals surface area contributed by atoms with E-state index in [9.17, 15) is 18.4 Å². The highest BCUT2D eigenvalue weighted by Crippen LogP contribution is 2.35. The highest BCUT2D eigenvalue weighted by molar-refractivity contribution is 9.10. The molecule has 1 aliphatic rings. The van der Waals surface area contributed by atoms with Crippen molar-refractivity contribution in [1.82, 2.24) is 9.47 Å². The number of carbonyl (C=O) groups is 2. The molecule has 1 atom stereocenters. The van der Waals surface area contributed by atoms with Crippen molar-refractivity contribution in [2.45, 2.75) is 26.3 Å². The van der Waals surface area contributed by atoms with E-state index in [1.807, 2.05) is 5.38 Å². The first-order chi connectivity index (χ1) is 14.9. The van der Waals surface area contributed by atoms with Crippen LogP contribution in [0, 0.1) is 17.6 Å². The summed E-state index contributed by atoms with van der Waals surface area (Å²) in [4.78, 5) is 27.3. The van der Waals surface area contributed by atoms with Crippen molar-refractivity contribution in [3.05, 3.63) is 57.0 Å². The lowest BCUT2D eigenvalue weighted by Crippen LogP contribution is -2.43. The lowest BCUT2D eigenvalue weighted by molar-refractivity contribution is -0.149. The van der Waals surface area contributed by atoms with E-state index in [2.05, 4.69) is 15.9 Å². The molecule has 4 rings (SSSR count). The topological polar surface area (TPSA) is 51.5 Å². The van der Waals surface area contributed by atoms with Crippen molar-refractivity contribution in [2.24, 2.45) is 5.92 Å². The number of esters is 1. The van der Waals surface area contributed by atoms with E-state index >= 15 is 0 Å². The molecular formula is C22H21BrF2N2O3S. The summed E-state index contributed by atoms with van der Waals surface area (Å²) in [6.45, 7) is 2.98. The van der Waals surface area contributed by atoms with Crippen molar-refractivity contribution in [1.29, 1.82) is 0 Å². The number of rotatable bonds is 5. The van der Waals surface area contributed by atoms with Gasteiger partial charge in [0.2, 0.25) is 0 Å². The molecule has 0 radical (unpaired) electrons. The minimum Gasteiger partial charge on any atom is -0.466 e. The normalized spacial score (nSPS) is 16.6. The van der Waals surface area contributed by atoms with Gasteiger partial charge in [0.1, 0.15) is 17.3 Å². The Bertz CT molecular complexity index is 1140. The molecule has 2 aromatic heterocycles. The molecule has 1 amide bonds. The average molecular weight is 511 g/mol. The van der Waals surface area contributed by atoms with Crippen LogP contribution in [0.2, 0.25) is 0 Å². The molecule has 1 aliphatic heterocycles. The number of likely N-dealkylation sites (tertiary alicyclic amines) is 1. The predicted octanol–water partition coefficient (Wildman–Crippen LogP) is 5.21. The standard InChI is InChI=1S/C22H21BrF2N2O3S/c1-2-30-22(29)14-4-3-7-26(10-14)21(28)18-9-19-20(16(23)12-31-19)27(18)11-13-5-6-15(24)8-17(13)25/h5-6,8-9,12,14H,2-4,7,10-11H2,1H3/t14-/m0/s1. The molecule has 1 fully saturated rings. The van der Waals surface area contributed by atoms with Gasteiger partial charge in [0.15, 0.2) is 0 Å². The van der Waals surface area contributed by atoms with Gasteiger partial charge in [-0.05, 0) is 47.8 Å². The molecule has 0 saturated carbocycles. The maximum absolute atomic E-state index is 14.4. The second-order valence-corrected chi connectivity index (χ2v) is 9.26. The number of halogens is 3. The van der Waals surface area contributed by atoms with E-state index in [-0.39, 0.29) is 29.9 Å². The summed E-state index contributed by atoms with van der Waals surface area (Å²) >= 11 is 4.99. The molecule has 164 valence electrons. The SMILES string of the molecule is CCOC(=O)[C@H]1CCCN(C(=O)c2cc3scc(Br)c3n2Cc2ccc(F)cc2F)C1. The third-order valence-electron chi connectivity index (χ3n) is 5.47. The van der Waals surface area contributed by atoms with Crippen LogP contribution < -0.4 is 0 Å². The molecule has 0 unspecified atom stereocenters. The highest BCUT2D eigenvalue weighted by Gasteiger charge is 2.31. The van der Waals surface area contributed by atoms with Crippen LogP contribution in [0.15, 0.2) is 34.1 Å². The van der Waals surface area contributed by atoms with Gasteiger partial charge in [-0.3, -0.25) is 9.59 Å². The maximum Gasteiger partial charge on any atom is 0.310 e. The predicted molar refractivity (Wildman–Crippen MR) is 118 cm³/mol. The zero-order chi connectivity index (χ0) is 22.1. The number of fused-ring (bicyclic) bond motifs is 1. The Balaban J connectivity index is 1.68. The first-order valence-corrected chi connectivity index (χ1v) is 11.7. The Kier molecular flexibility index (Phi) is 6.43. The number of hydrogen-bond donors (Lipinski definition) is 0. The van der Waals surface area contributed by atoms with Gasteiger partial charge in [-0.2, -0.15) is 0 Å². The van der Waals surface area contributed by atoms with Crippen LogP contribution in [-0.2, 0) is 16.1 Å². The van der Waals surface area contributed by atoms with Gasteiger partial charge in [-0.25, -0.2) is 8.78 Å². The summed E-state index contributed by atoms with van der Waals surface area (Å²) < 4.78 is 36.3. The maximum atomic E-state index is 14.4. The van der Waals surface area contributed by atoms with Crippen molar-refractivity contribution in [3.8, 4) is 0 Å². The smallest absolute Gasteiger partial charge is 0.310 e. The van der Waals surface area contributed by atoms with Gasteiger partial charge in [0, 0.05) is 30.1 Å². The number of piperidine rings is 1. The second kappa shape index (κ2) is 9.08. The highest BCUT2D eigenvalue weighted by atomic mass is 79.9. The minimum absolute atomic E-state index is 0.0845. The Hall–Kier alpha value is -2.26. The second-order valence-electron chi connectivity index (χ2n) is 7.49. The lowest BCUT2D eigenvalue weighted by Gasteiger charge is -2.31. The van der Waals surface area contributed by atoms with Crippen LogP contribution in [0.5, 0.6) is 0 Å². The fourth-order valence-electron chi connectivity index (χ4n) is 3.97. The van der Waals surface area contributed by atoms with Crippen molar-refractivity contribution in [2.75, 3.05) is 19.7 Å². The molecule has 31 heavy (non-hydrogen) atoms. The van der Waals surface area contributed by atoms with Crippen LogP contribution >= 0.6 is 27.3 Å². The summed E-state index contributed by atoms with van der Waals surface area (Å²) in [6.07, 6.45) is 1.39. The van der Waals surface area contributed by atoms with Crippen LogP contribution in [0.4, 0.5) is 8.78 Å². The van der Waals surface area contributed by atoms with Crippen molar-refractivity contribution >= 4 is 49.4 Å². The number of benzene rings is 1. The molecule has 0 spiro atoms. The van der Waals surface area contributed by atoms with Gasteiger partial charge in [0.25, 0.3) is 5.91 Å². The van der Waals surface area contributed by atoms with Gasteiger partial charge in [0.05, 0.1) is 33.8 Å². The molecule has 1 aromatic carbocycles. The van der Waals surface area contributed by atoms with Gasteiger partial charge in [-0.15, -0.1) is 11.3 Å². The Morgan fingerprint density at radius 3 is 2.84 bits per heavy atom. The third-order valence-corrected chi connectivity index (χ3v) is 7.29. The van der Waals surface area contributed by atoms with Crippen molar-refractivity contribution in [3.63, 3.8) is 0 Å². The third kappa shape index (κ3) is 4.39. The summed E-state index contributed by atoms with van der Waals surface area (Å²) in [5.41, 5.74) is 1.49. The molecule has 0 aliphatic carbocycles. The number of thiophene rings is 1. The molecular weight excluding hydrogens is 490 g/mol. The Morgan fingerprint density at radius 2 is 2.10 bits per heavy atom. The van der Waals surface area contributed by atoms with Crippen LogP contribution in [0.3, 0.4) is 0 Å². The zero-order valence-electron chi connectivity index (χ0n) is 16.9. The number of amides is 1. The molecule has 0 bridgehead atoms. The fraction of sp³-hybridized carbons (Fsp3) is 0.364. The van der Waals surface area contributed by atoms with Crippen LogP contribution in [-0.4, -0.2) is 41.0 Å². The number of nitrogens with zero attached hydrogens (tertiary/aromatic N) is 2. The van der Waals surface area contributed by atoms with Crippen LogP contribution in [0.1, 0.15) is 35.8 Å². The number of aromatic nitrogens is 1. The molecule has 5 nitrogen and oxygen atoms in total. The van der Waals surface area contributed by atoms with E-state index in [4.69, 9.17) is 4.74 Å². The van der Waals surface area contributed by atoms with Gasteiger partial charge in [-0.1, -0.05) is 6.07 Å². The summed E-state index contributed by atoms with van der Waals surface area (Å²) in [5, 5.41) is 1.91. The Labute approximate surface area is 190 Å². The van der Waals surface area contributed by atoms with Gasteiger partial charge < -0.3 is 14.2 Å². The van der Waals surface area contributed by atoms with E-state index in [1.165, 1.54) is 23.5 Å². The molecule has 3 heterocycles. The van der Waals surface area contributed by atoms with E-state index < -0.39 is 11.6 Å². The van der Waals surface area contributed by atoms with Gasteiger partial charge >= 0.3 is 5.97 Å². The molecule has 3 aromatic rings. The molecule has 1 saturated heterocycles. The number of carbonyl (C=O) groups excluding carboxylic acids is 2. The molecule has 0 N–H and O–H groups in total. The summed E-state index contributed by atoms with van der Waals surface area (Å²) in [7, 11) is 0. The van der Waals surface area contributed by atoms with E-state index in [0.29, 0.717) is 38.2 Å². The number of hydrogen-bond acceptors (Lipinski definition) is 4. The monoisotopic (exact) mass is 510 g/mol. The summed E-state index contributed by atoms with van der Waals surface area (Å²) in [6, 6.07) is 5.23. The first-order valence-electron chi connectivity index (χ1n) is 10.0. The van der Waals surface area contributed by atoms with Crippen molar-refractivity contribution < 1.29 is 23.1 Å². The first kappa shape index (κ1) is 22.0. The van der Waals surface area contributed by atoms with E-state index in [1.54, 1.807) is 22.5 Å².